The molecule has 4 aromatic rings. The van der Waals surface area contributed by atoms with Crippen LogP contribution in [0.15, 0.2) is 145 Å². The Balaban J connectivity index is 1.43. The molecule has 1 fully saturated rings. The summed E-state index contributed by atoms with van der Waals surface area (Å²) in [5.74, 6) is -2.48. The predicted molar refractivity (Wildman–Crippen MR) is 171 cm³/mol. The molecule has 0 unspecified atom stereocenters. The minimum absolute atomic E-state index is 0.0985. The summed E-state index contributed by atoms with van der Waals surface area (Å²) in [5.41, 5.74) is -0.634. The van der Waals surface area contributed by atoms with Crippen LogP contribution in [0.25, 0.3) is 0 Å². The standard InChI is InChI=1S/C40H36O4/c41-36-32(23-28-13-5-1-6-14-28)24-34-35(40(36,44)27-31-19-11-4-12-20-31)33-21-22-38(34,25-29-15-7-2-8-16-29)37(42)39(33,43)26-30-17-9-3-10-18-30/h1-22,24,33-35,43-44H,23,25-27H2/t33-,34+,35+,38-,39+,40+/m0/s1. The molecule has 4 nitrogen and oxygen atoms in total. The van der Waals surface area contributed by atoms with Gasteiger partial charge in [0, 0.05) is 37.0 Å². The van der Waals surface area contributed by atoms with Gasteiger partial charge in [0.1, 0.15) is 11.2 Å². The van der Waals surface area contributed by atoms with Crippen molar-refractivity contribution in [1.82, 2.24) is 0 Å². The first-order valence-corrected chi connectivity index (χ1v) is 15.4. The molecule has 2 N–H and O–H groups in total. The first-order chi connectivity index (χ1) is 21.3. The number of ketones is 2. The Morgan fingerprint density at radius 2 is 1.00 bits per heavy atom. The van der Waals surface area contributed by atoms with Gasteiger partial charge in [0.25, 0.3) is 0 Å². The van der Waals surface area contributed by atoms with E-state index in [-0.39, 0.29) is 24.4 Å². The second-order valence-electron chi connectivity index (χ2n) is 12.8. The van der Waals surface area contributed by atoms with Crippen molar-refractivity contribution in [2.75, 3.05) is 0 Å². The Bertz CT molecular complexity index is 1730. The molecule has 0 heterocycles. The van der Waals surface area contributed by atoms with Gasteiger partial charge in [-0.15, -0.1) is 0 Å². The normalized spacial score (nSPS) is 30.6. The summed E-state index contributed by atoms with van der Waals surface area (Å²) in [6, 6.07) is 38.7. The maximum absolute atomic E-state index is 14.9. The number of hydrogen-bond acceptors (Lipinski definition) is 4. The zero-order valence-corrected chi connectivity index (χ0v) is 24.6. The number of Topliss-reactive ketones (excluding diaryl/α,β-unsaturated/α-hetero) is 2. The molecule has 4 aliphatic rings. The van der Waals surface area contributed by atoms with Crippen LogP contribution < -0.4 is 0 Å². The zero-order valence-electron chi connectivity index (χ0n) is 24.6. The van der Waals surface area contributed by atoms with Gasteiger partial charge in [-0.05, 0) is 34.2 Å². The smallest absolute Gasteiger partial charge is 0.191 e. The number of hydrogen-bond donors (Lipinski definition) is 2. The van der Waals surface area contributed by atoms with Crippen LogP contribution in [-0.2, 0) is 35.3 Å². The molecule has 0 saturated heterocycles. The first kappa shape index (κ1) is 28.4. The lowest BCUT2D eigenvalue weighted by Gasteiger charge is -2.62. The molecule has 0 aromatic heterocycles. The number of benzene rings is 4. The Morgan fingerprint density at radius 1 is 0.545 bits per heavy atom. The molecule has 0 aliphatic heterocycles. The highest BCUT2D eigenvalue weighted by Crippen LogP contribution is 2.62. The minimum Gasteiger partial charge on any atom is -0.381 e. The molecular formula is C40H36O4. The number of rotatable bonds is 8. The van der Waals surface area contributed by atoms with E-state index < -0.39 is 34.4 Å². The fraction of sp³-hybridized carbons (Fsp3) is 0.250. The van der Waals surface area contributed by atoms with Crippen molar-refractivity contribution in [3.05, 3.63) is 167 Å². The predicted octanol–water partition coefficient (Wildman–Crippen LogP) is 5.92. The third-order valence-corrected chi connectivity index (χ3v) is 10.2. The summed E-state index contributed by atoms with van der Waals surface area (Å²) in [6.07, 6.45) is 6.80. The van der Waals surface area contributed by atoms with Gasteiger partial charge in [-0.3, -0.25) is 9.59 Å². The van der Waals surface area contributed by atoms with E-state index in [0.29, 0.717) is 18.4 Å². The quantitative estimate of drug-likeness (QED) is 0.254. The summed E-state index contributed by atoms with van der Waals surface area (Å²) in [7, 11) is 0. The van der Waals surface area contributed by atoms with E-state index in [4.69, 9.17) is 0 Å². The molecule has 4 aromatic carbocycles. The van der Waals surface area contributed by atoms with E-state index in [1.165, 1.54) is 0 Å². The minimum atomic E-state index is -1.83. The second kappa shape index (κ2) is 11.0. The number of allylic oxidation sites excluding steroid dienone is 2. The highest BCUT2D eigenvalue weighted by Gasteiger charge is 2.71. The number of fused-ring (bicyclic) bond motifs is 1. The molecule has 4 aliphatic carbocycles. The molecule has 0 radical (unpaired) electrons. The van der Waals surface area contributed by atoms with E-state index in [0.717, 1.165) is 22.3 Å². The summed E-state index contributed by atoms with van der Waals surface area (Å²) >= 11 is 0. The number of aliphatic hydroxyl groups is 2. The van der Waals surface area contributed by atoms with Crippen LogP contribution >= 0.6 is 0 Å². The first-order valence-electron chi connectivity index (χ1n) is 15.4. The Hall–Kier alpha value is -4.38. The third-order valence-electron chi connectivity index (χ3n) is 10.2. The van der Waals surface area contributed by atoms with Crippen LogP contribution in [0.3, 0.4) is 0 Å². The van der Waals surface area contributed by atoms with Crippen LogP contribution in [0.1, 0.15) is 22.3 Å². The number of carbonyl (C=O) groups excluding carboxylic acids is 2. The van der Waals surface area contributed by atoms with Crippen molar-refractivity contribution >= 4 is 11.6 Å². The summed E-state index contributed by atoms with van der Waals surface area (Å²) < 4.78 is 0. The maximum atomic E-state index is 14.9. The Labute approximate surface area is 258 Å². The molecule has 0 amide bonds. The van der Waals surface area contributed by atoms with Crippen molar-refractivity contribution in [3.8, 4) is 0 Å². The van der Waals surface area contributed by atoms with Gasteiger partial charge >= 0.3 is 0 Å². The average molecular weight is 581 g/mol. The summed E-state index contributed by atoms with van der Waals surface area (Å²) in [4.78, 5) is 29.5. The van der Waals surface area contributed by atoms with Gasteiger partial charge < -0.3 is 10.2 Å². The molecule has 44 heavy (non-hydrogen) atoms. The summed E-state index contributed by atoms with van der Waals surface area (Å²) in [5, 5.41) is 25.5. The Morgan fingerprint density at radius 3 is 1.52 bits per heavy atom. The van der Waals surface area contributed by atoms with Crippen molar-refractivity contribution in [1.29, 1.82) is 0 Å². The van der Waals surface area contributed by atoms with Crippen molar-refractivity contribution < 1.29 is 19.8 Å². The van der Waals surface area contributed by atoms with E-state index in [9.17, 15) is 19.8 Å². The van der Waals surface area contributed by atoms with Gasteiger partial charge in [0.15, 0.2) is 11.6 Å². The molecule has 6 atom stereocenters. The van der Waals surface area contributed by atoms with E-state index in [1.54, 1.807) is 0 Å². The molecule has 4 heteroatoms. The summed E-state index contributed by atoms with van der Waals surface area (Å²) in [6.45, 7) is 0. The van der Waals surface area contributed by atoms with Crippen molar-refractivity contribution in [2.45, 2.75) is 36.9 Å². The monoisotopic (exact) mass is 580 g/mol. The average Bonchev–Trinajstić information content (AvgIpc) is 3.05. The van der Waals surface area contributed by atoms with Gasteiger partial charge in [-0.2, -0.15) is 0 Å². The van der Waals surface area contributed by atoms with Crippen LogP contribution in [0.5, 0.6) is 0 Å². The van der Waals surface area contributed by atoms with Gasteiger partial charge in [0.05, 0.1) is 5.41 Å². The third kappa shape index (κ3) is 4.61. The van der Waals surface area contributed by atoms with Crippen LogP contribution in [0.4, 0.5) is 0 Å². The molecular weight excluding hydrogens is 544 g/mol. The topological polar surface area (TPSA) is 74.6 Å². The highest BCUT2D eigenvalue weighted by molar-refractivity contribution is 6.06. The SMILES string of the molecule is O=C1C(Cc2ccccc2)=C[C@@H]2[C@@H]([C@@H]3C=C[C@@]2(Cc2ccccc2)C(=O)[C@@]3(O)Cc2ccccc2)[C@]1(O)Cc1ccccc1. The maximum Gasteiger partial charge on any atom is 0.191 e. The van der Waals surface area contributed by atoms with Crippen molar-refractivity contribution in [2.24, 2.45) is 23.2 Å². The molecule has 8 rings (SSSR count). The van der Waals surface area contributed by atoms with E-state index in [1.807, 2.05) is 140 Å². The van der Waals surface area contributed by atoms with Crippen LogP contribution in [0, 0.1) is 23.2 Å². The largest absolute Gasteiger partial charge is 0.381 e. The molecule has 2 bridgehead atoms. The molecule has 0 spiro atoms. The second-order valence-corrected chi connectivity index (χ2v) is 12.8. The lowest BCUT2D eigenvalue weighted by molar-refractivity contribution is -0.192. The van der Waals surface area contributed by atoms with Crippen LogP contribution in [0.2, 0.25) is 0 Å². The fourth-order valence-electron chi connectivity index (χ4n) is 8.21. The highest BCUT2D eigenvalue weighted by atomic mass is 16.3. The van der Waals surface area contributed by atoms with Gasteiger partial charge in [-0.25, -0.2) is 0 Å². The lowest BCUT2D eigenvalue weighted by Crippen LogP contribution is -2.73. The van der Waals surface area contributed by atoms with E-state index in [2.05, 4.69) is 0 Å². The fourth-order valence-corrected chi connectivity index (χ4v) is 8.21. The lowest BCUT2D eigenvalue weighted by atomic mass is 9.41. The van der Waals surface area contributed by atoms with Gasteiger partial charge in [-0.1, -0.05) is 140 Å². The number of carbonyl (C=O) groups is 2. The zero-order chi connectivity index (χ0) is 30.4. The van der Waals surface area contributed by atoms with Gasteiger partial charge in [0.2, 0.25) is 0 Å². The van der Waals surface area contributed by atoms with Crippen molar-refractivity contribution in [3.63, 3.8) is 0 Å². The molecule has 220 valence electrons. The van der Waals surface area contributed by atoms with Crippen LogP contribution in [-0.4, -0.2) is 33.0 Å². The Kier molecular flexibility index (Phi) is 7.07. The van der Waals surface area contributed by atoms with E-state index >= 15 is 0 Å². The molecule has 1 saturated carbocycles.